The number of carbonyl (C=O) groups excluding carboxylic acids is 1. The number of benzene rings is 1. The molecular weight excluding hydrogens is 250 g/mol. The monoisotopic (exact) mass is 270 g/mol. The Kier molecular flexibility index (Phi) is 2.67. The molecule has 1 amide bonds. The second-order valence-corrected chi connectivity index (χ2v) is 6.15. The van der Waals surface area contributed by atoms with Gasteiger partial charge in [-0.15, -0.1) is 0 Å². The van der Waals surface area contributed by atoms with Crippen molar-refractivity contribution in [3.8, 4) is 0 Å². The van der Waals surface area contributed by atoms with Crippen LogP contribution in [0.4, 0.5) is 0 Å². The maximum atomic E-state index is 12.0. The molecule has 2 atom stereocenters. The summed E-state index contributed by atoms with van der Waals surface area (Å²) in [6, 6.07) is 10.9. The maximum absolute atomic E-state index is 12.0. The van der Waals surface area contributed by atoms with Gasteiger partial charge >= 0.3 is 0 Å². The third kappa shape index (κ3) is 1.64. The molecule has 5 rings (SSSR count). The zero-order valence-corrected chi connectivity index (χ0v) is 11.7. The summed E-state index contributed by atoms with van der Waals surface area (Å²) >= 11 is 0. The Morgan fingerprint density at radius 1 is 1.25 bits per heavy atom. The maximum Gasteiger partial charge on any atom is 0.240 e. The Morgan fingerprint density at radius 2 is 1.95 bits per heavy atom. The normalized spacial score (nSPS) is 34.9. The molecule has 2 bridgehead atoms. The van der Waals surface area contributed by atoms with Crippen molar-refractivity contribution in [1.82, 2.24) is 5.01 Å². The molecule has 0 radical (unpaired) electrons. The number of hydrazone groups is 1. The molecule has 4 heterocycles. The minimum atomic E-state index is 0.0563. The fraction of sp³-hybridized carbons (Fsp3) is 0.500. The molecule has 4 aliphatic heterocycles. The van der Waals surface area contributed by atoms with Crippen molar-refractivity contribution in [1.29, 1.82) is 0 Å². The number of piperidine rings is 3. The van der Waals surface area contributed by atoms with Gasteiger partial charge in [-0.1, -0.05) is 30.3 Å². The molecule has 3 fully saturated rings. The van der Waals surface area contributed by atoms with Crippen molar-refractivity contribution in [2.75, 3.05) is 13.1 Å². The van der Waals surface area contributed by atoms with Gasteiger partial charge in [0.15, 0.2) is 6.04 Å². The first-order valence-corrected chi connectivity index (χ1v) is 7.53. The highest BCUT2D eigenvalue weighted by molar-refractivity contribution is 5.95. The Morgan fingerprint density at radius 3 is 2.60 bits per heavy atom. The lowest BCUT2D eigenvalue weighted by Gasteiger charge is -2.42. The van der Waals surface area contributed by atoms with Crippen LogP contribution in [0.2, 0.25) is 0 Å². The highest BCUT2D eigenvalue weighted by Gasteiger charge is 2.53. The number of nitrogens with zero attached hydrogens (tertiary/aromatic N) is 2. The topological polar surface area (TPSA) is 37.1 Å². The van der Waals surface area contributed by atoms with Crippen LogP contribution in [0.15, 0.2) is 35.4 Å². The Bertz CT molecular complexity index is 560. The van der Waals surface area contributed by atoms with Crippen molar-refractivity contribution in [2.24, 2.45) is 11.0 Å². The van der Waals surface area contributed by atoms with E-state index in [0.29, 0.717) is 12.0 Å². The van der Waals surface area contributed by atoms with Gasteiger partial charge in [0, 0.05) is 25.7 Å². The number of carbonyl (C=O) groups is 1. The molecular formula is C16H20N3O+. The largest absolute Gasteiger partial charge is 0.326 e. The van der Waals surface area contributed by atoms with Crippen LogP contribution < -0.4 is 4.90 Å². The second-order valence-electron chi connectivity index (χ2n) is 6.15. The SMILES string of the molecule is CC(=O)N1N=C2C3CC[NH+](CC3)[C@H]2[C@@H]1c1ccccc1. The average Bonchev–Trinajstić information content (AvgIpc) is 2.92. The average molecular weight is 270 g/mol. The summed E-state index contributed by atoms with van der Waals surface area (Å²) in [5, 5.41) is 6.46. The summed E-state index contributed by atoms with van der Waals surface area (Å²) in [5.41, 5.74) is 2.49. The van der Waals surface area contributed by atoms with E-state index >= 15 is 0 Å². The van der Waals surface area contributed by atoms with E-state index in [1.807, 2.05) is 6.07 Å². The highest BCUT2D eigenvalue weighted by Crippen LogP contribution is 2.36. The van der Waals surface area contributed by atoms with Gasteiger partial charge in [-0.3, -0.25) is 4.79 Å². The van der Waals surface area contributed by atoms with Gasteiger partial charge < -0.3 is 4.90 Å². The number of fused-ring (bicyclic) bond motifs is 2. The van der Waals surface area contributed by atoms with Gasteiger partial charge in [-0.05, 0) is 5.56 Å². The molecule has 3 saturated heterocycles. The first-order valence-electron chi connectivity index (χ1n) is 7.53. The number of quaternary nitrogens is 1. The van der Waals surface area contributed by atoms with Crippen LogP contribution in [0.5, 0.6) is 0 Å². The van der Waals surface area contributed by atoms with E-state index < -0.39 is 0 Å². The lowest BCUT2D eigenvalue weighted by atomic mass is 9.78. The molecule has 4 nitrogen and oxygen atoms in total. The molecule has 1 N–H and O–H groups in total. The first kappa shape index (κ1) is 12.1. The summed E-state index contributed by atoms with van der Waals surface area (Å²) in [7, 11) is 0. The summed E-state index contributed by atoms with van der Waals surface area (Å²) < 4.78 is 0. The van der Waals surface area contributed by atoms with Crippen LogP contribution in [0.25, 0.3) is 0 Å². The van der Waals surface area contributed by atoms with Gasteiger partial charge in [0.05, 0.1) is 13.1 Å². The van der Waals surface area contributed by atoms with Gasteiger partial charge in [0.1, 0.15) is 11.8 Å². The molecule has 4 aliphatic rings. The minimum Gasteiger partial charge on any atom is -0.326 e. The van der Waals surface area contributed by atoms with Crippen LogP contribution in [-0.4, -0.2) is 35.8 Å². The van der Waals surface area contributed by atoms with E-state index in [0.717, 1.165) is 0 Å². The number of hydrogen-bond acceptors (Lipinski definition) is 2. The van der Waals surface area contributed by atoms with Gasteiger partial charge in [-0.2, -0.15) is 5.10 Å². The summed E-state index contributed by atoms with van der Waals surface area (Å²) in [6.07, 6.45) is 2.47. The molecule has 20 heavy (non-hydrogen) atoms. The summed E-state index contributed by atoms with van der Waals surface area (Å²) in [5.74, 6) is 0.661. The quantitative estimate of drug-likeness (QED) is 0.798. The predicted molar refractivity (Wildman–Crippen MR) is 76.3 cm³/mol. The predicted octanol–water partition coefficient (Wildman–Crippen LogP) is 0.623. The highest BCUT2D eigenvalue weighted by atomic mass is 16.2. The van der Waals surface area contributed by atoms with Crippen LogP contribution >= 0.6 is 0 Å². The number of rotatable bonds is 1. The second kappa shape index (κ2) is 4.42. The van der Waals surface area contributed by atoms with E-state index in [1.54, 1.807) is 16.8 Å². The van der Waals surface area contributed by atoms with Crippen molar-refractivity contribution in [2.45, 2.75) is 31.8 Å². The molecule has 104 valence electrons. The van der Waals surface area contributed by atoms with E-state index in [-0.39, 0.29) is 11.9 Å². The third-order valence-corrected chi connectivity index (χ3v) is 5.07. The summed E-state index contributed by atoms with van der Waals surface area (Å²) in [4.78, 5) is 13.6. The molecule has 4 heteroatoms. The van der Waals surface area contributed by atoms with Crippen molar-refractivity contribution in [3.63, 3.8) is 0 Å². The molecule has 1 aromatic rings. The van der Waals surface area contributed by atoms with E-state index in [1.165, 1.54) is 37.2 Å². The van der Waals surface area contributed by atoms with Gasteiger partial charge in [0.2, 0.25) is 5.91 Å². The molecule has 0 spiro atoms. The van der Waals surface area contributed by atoms with Crippen LogP contribution in [0.3, 0.4) is 0 Å². The zero-order valence-electron chi connectivity index (χ0n) is 11.7. The van der Waals surface area contributed by atoms with Crippen LogP contribution in [-0.2, 0) is 4.79 Å². The lowest BCUT2D eigenvalue weighted by Crippen LogP contribution is -3.20. The van der Waals surface area contributed by atoms with Crippen LogP contribution in [0.1, 0.15) is 31.4 Å². The molecule has 0 aromatic heterocycles. The smallest absolute Gasteiger partial charge is 0.240 e. The van der Waals surface area contributed by atoms with E-state index in [4.69, 9.17) is 5.10 Å². The number of amides is 1. The van der Waals surface area contributed by atoms with Gasteiger partial charge in [-0.25, -0.2) is 5.01 Å². The zero-order chi connectivity index (χ0) is 13.7. The van der Waals surface area contributed by atoms with Crippen molar-refractivity contribution in [3.05, 3.63) is 35.9 Å². The van der Waals surface area contributed by atoms with Crippen molar-refractivity contribution < 1.29 is 9.69 Å². The molecule has 0 unspecified atom stereocenters. The fourth-order valence-electron chi connectivity index (χ4n) is 4.17. The van der Waals surface area contributed by atoms with Gasteiger partial charge in [0.25, 0.3) is 0 Å². The Balaban J connectivity index is 1.79. The molecule has 1 aromatic carbocycles. The molecule has 0 saturated carbocycles. The third-order valence-electron chi connectivity index (χ3n) is 5.07. The van der Waals surface area contributed by atoms with E-state index in [9.17, 15) is 4.79 Å². The Labute approximate surface area is 119 Å². The number of nitrogens with one attached hydrogen (secondary N) is 1. The van der Waals surface area contributed by atoms with E-state index in [2.05, 4.69) is 24.3 Å². The fourth-order valence-corrected chi connectivity index (χ4v) is 4.17. The summed E-state index contributed by atoms with van der Waals surface area (Å²) in [6.45, 7) is 4.08. The van der Waals surface area contributed by atoms with Crippen molar-refractivity contribution >= 4 is 11.6 Å². The van der Waals surface area contributed by atoms with Crippen LogP contribution in [0, 0.1) is 5.92 Å². The standard InChI is InChI=1S/C16H19N3O/c1-11(20)19-15(13-5-3-2-4-6-13)16-14(17-19)12-7-9-18(16)10-8-12/h2-6,12,15-16H,7-10H2,1H3/p+1/t15-,16+/m0/s1. The number of hydrogen-bond donors (Lipinski definition) is 1. The lowest BCUT2D eigenvalue weighted by molar-refractivity contribution is -0.927. The minimum absolute atomic E-state index is 0.0563. The molecule has 0 aliphatic carbocycles. The Hall–Kier alpha value is -1.68. The first-order chi connectivity index (χ1) is 9.75.